The standard InChI is InChI=1S/C11H25N3/c1-4-7-13(3)10-11(2)14-8-5-12-6-9-14/h11-12H,4-10H2,1-3H3. The topological polar surface area (TPSA) is 18.5 Å². The summed E-state index contributed by atoms with van der Waals surface area (Å²) in [5, 5.41) is 3.39. The van der Waals surface area contributed by atoms with Gasteiger partial charge in [0.25, 0.3) is 0 Å². The van der Waals surface area contributed by atoms with Gasteiger partial charge in [-0.3, -0.25) is 4.90 Å². The molecule has 0 aromatic heterocycles. The third-order valence-electron chi connectivity index (χ3n) is 2.96. The van der Waals surface area contributed by atoms with Crippen molar-refractivity contribution >= 4 is 0 Å². The van der Waals surface area contributed by atoms with Crippen molar-refractivity contribution in [1.29, 1.82) is 0 Å². The molecule has 0 aliphatic carbocycles. The van der Waals surface area contributed by atoms with Crippen LogP contribution in [-0.2, 0) is 0 Å². The Morgan fingerprint density at radius 1 is 1.36 bits per heavy atom. The highest BCUT2D eigenvalue weighted by atomic mass is 15.2. The van der Waals surface area contributed by atoms with Crippen LogP contribution in [-0.4, -0.2) is 62.2 Å². The summed E-state index contributed by atoms with van der Waals surface area (Å²) in [4.78, 5) is 5.02. The van der Waals surface area contributed by atoms with E-state index in [2.05, 4.69) is 36.0 Å². The Morgan fingerprint density at radius 3 is 2.57 bits per heavy atom. The average Bonchev–Trinajstić information content (AvgIpc) is 2.19. The molecule has 1 atom stereocenters. The summed E-state index contributed by atoms with van der Waals surface area (Å²) < 4.78 is 0. The van der Waals surface area contributed by atoms with Crippen LogP contribution in [0.1, 0.15) is 20.3 Å². The fourth-order valence-corrected chi connectivity index (χ4v) is 2.16. The summed E-state index contributed by atoms with van der Waals surface area (Å²) in [5.41, 5.74) is 0. The van der Waals surface area contributed by atoms with E-state index in [-0.39, 0.29) is 0 Å². The molecule has 0 aromatic rings. The van der Waals surface area contributed by atoms with Crippen molar-refractivity contribution in [2.24, 2.45) is 0 Å². The lowest BCUT2D eigenvalue weighted by atomic mass is 10.2. The van der Waals surface area contributed by atoms with E-state index in [1.54, 1.807) is 0 Å². The fraction of sp³-hybridized carbons (Fsp3) is 1.00. The van der Waals surface area contributed by atoms with Gasteiger partial charge in [-0.15, -0.1) is 0 Å². The minimum atomic E-state index is 0.702. The maximum Gasteiger partial charge on any atom is 0.0195 e. The number of nitrogens with one attached hydrogen (secondary N) is 1. The number of hydrogen-bond acceptors (Lipinski definition) is 3. The van der Waals surface area contributed by atoms with E-state index in [9.17, 15) is 0 Å². The molecule has 14 heavy (non-hydrogen) atoms. The molecular formula is C11H25N3. The summed E-state index contributed by atoms with van der Waals surface area (Å²) in [5.74, 6) is 0. The minimum absolute atomic E-state index is 0.702. The molecule has 1 fully saturated rings. The monoisotopic (exact) mass is 199 g/mol. The van der Waals surface area contributed by atoms with Crippen LogP contribution in [0.3, 0.4) is 0 Å². The highest BCUT2D eigenvalue weighted by Crippen LogP contribution is 2.02. The molecule has 0 bridgehead atoms. The number of likely N-dealkylation sites (N-methyl/N-ethyl adjacent to an activating group) is 1. The third-order valence-corrected chi connectivity index (χ3v) is 2.96. The van der Waals surface area contributed by atoms with Crippen molar-refractivity contribution in [3.05, 3.63) is 0 Å². The van der Waals surface area contributed by atoms with E-state index in [0.717, 1.165) is 13.1 Å². The summed E-state index contributed by atoms with van der Waals surface area (Å²) >= 11 is 0. The van der Waals surface area contributed by atoms with Crippen molar-refractivity contribution < 1.29 is 0 Å². The van der Waals surface area contributed by atoms with Crippen molar-refractivity contribution in [2.75, 3.05) is 46.3 Å². The number of rotatable bonds is 5. The second kappa shape index (κ2) is 6.38. The van der Waals surface area contributed by atoms with Crippen molar-refractivity contribution in [3.63, 3.8) is 0 Å². The van der Waals surface area contributed by atoms with Gasteiger partial charge in [0.15, 0.2) is 0 Å². The van der Waals surface area contributed by atoms with Gasteiger partial charge in [-0.2, -0.15) is 0 Å². The fourth-order valence-electron chi connectivity index (χ4n) is 2.16. The largest absolute Gasteiger partial charge is 0.314 e. The number of hydrogen-bond donors (Lipinski definition) is 1. The molecule has 3 nitrogen and oxygen atoms in total. The second-order valence-electron chi connectivity index (χ2n) is 4.40. The molecule has 1 N–H and O–H groups in total. The molecular weight excluding hydrogens is 174 g/mol. The SMILES string of the molecule is CCCN(C)CC(C)N1CCNCC1. The minimum Gasteiger partial charge on any atom is -0.314 e. The van der Waals surface area contributed by atoms with Gasteiger partial charge in [-0.1, -0.05) is 6.92 Å². The summed E-state index contributed by atoms with van der Waals surface area (Å²) in [7, 11) is 2.22. The van der Waals surface area contributed by atoms with Crippen LogP contribution in [0.2, 0.25) is 0 Å². The molecule has 1 aliphatic heterocycles. The molecule has 0 spiro atoms. The first kappa shape index (κ1) is 12.0. The summed E-state index contributed by atoms with van der Waals surface area (Å²) in [6.45, 7) is 11.7. The Balaban J connectivity index is 2.21. The summed E-state index contributed by atoms with van der Waals surface area (Å²) in [6.07, 6.45) is 1.25. The molecule has 1 saturated heterocycles. The van der Waals surface area contributed by atoms with E-state index in [1.165, 1.54) is 32.6 Å². The molecule has 0 radical (unpaired) electrons. The molecule has 84 valence electrons. The number of nitrogens with zero attached hydrogens (tertiary/aromatic N) is 2. The van der Waals surface area contributed by atoms with Crippen LogP contribution in [0.25, 0.3) is 0 Å². The van der Waals surface area contributed by atoms with Gasteiger partial charge in [0.2, 0.25) is 0 Å². The Bertz CT molecular complexity index is 143. The molecule has 1 aliphatic rings. The van der Waals surface area contributed by atoms with Crippen LogP contribution < -0.4 is 5.32 Å². The molecule has 1 heterocycles. The van der Waals surface area contributed by atoms with Crippen LogP contribution in [0.5, 0.6) is 0 Å². The molecule has 0 amide bonds. The van der Waals surface area contributed by atoms with Crippen LogP contribution in [0.4, 0.5) is 0 Å². The zero-order valence-electron chi connectivity index (χ0n) is 9.92. The Labute approximate surface area is 88.5 Å². The maximum atomic E-state index is 3.39. The van der Waals surface area contributed by atoms with Crippen LogP contribution in [0, 0.1) is 0 Å². The van der Waals surface area contributed by atoms with E-state index in [0.29, 0.717) is 6.04 Å². The first-order chi connectivity index (χ1) is 6.74. The molecule has 3 heteroatoms. The maximum absolute atomic E-state index is 3.39. The average molecular weight is 199 g/mol. The molecule has 1 rings (SSSR count). The smallest absolute Gasteiger partial charge is 0.0195 e. The Kier molecular flexibility index (Phi) is 5.45. The zero-order chi connectivity index (χ0) is 10.4. The number of piperazine rings is 1. The van der Waals surface area contributed by atoms with E-state index >= 15 is 0 Å². The highest BCUT2D eigenvalue weighted by molar-refractivity contribution is 4.75. The summed E-state index contributed by atoms with van der Waals surface area (Å²) in [6, 6.07) is 0.702. The quantitative estimate of drug-likeness (QED) is 0.700. The lowest BCUT2D eigenvalue weighted by Crippen LogP contribution is -2.50. The highest BCUT2D eigenvalue weighted by Gasteiger charge is 2.16. The van der Waals surface area contributed by atoms with Crippen LogP contribution in [0.15, 0.2) is 0 Å². The van der Waals surface area contributed by atoms with Crippen molar-refractivity contribution in [2.45, 2.75) is 26.3 Å². The predicted molar refractivity (Wildman–Crippen MR) is 61.7 cm³/mol. The molecule has 1 unspecified atom stereocenters. The first-order valence-corrected chi connectivity index (χ1v) is 5.87. The predicted octanol–water partition coefficient (Wildman–Crippen LogP) is 0.622. The van der Waals surface area contributed by atoms with Gasteiger partial charge < -0.3 is 10.2 Å². The van der Waals surface area contributed by atoms with Gasteiger partial charge in [-0.05, 0) is 26.9 Å². The Morgan fingerprint density at radius 2 is 2.00 bits per heavy atom. The lowest BCUT2D eigenvalue weighted by Gasteiger charge is -2.34. The van der Waals surface area contributed by atoms with Gasteiger partial charge in [-0.25, -0.2) is 0 Å². The first-order valence-electron chi connectivity index (χ1n) is 5.87. The normalized spacial score (nSPS) is 21.4. The van der Waals surface area contributed by atoms with Gasteiger partial charge in [0, 0.05) is 38.8 Å². The zero-order valence-corrected chi connectivity index (χ0v) is 9.92. The van der Waals surface area contributed by atoms with Crippen molar-refractivity contribution in [1.82, 2.24) is 15.1 Å². The van der Waals surface area contributed by atoms with E-state index < -0.39 is 0 Å². The van der Waals surface area contributed by atoms with Crippen LogP contribution >= 0.6 is 0 Å². The second-order valence-corrected chi connectivity index (χ2v) is 4.40. The Hall–Kier alpha value is -0.120. The molecule has 0 aromatic carbocycles. The van der Waals surface area contributed by atoms with E-state index in [4.69, 9.17) is 0 Å². The van der Waals surface area contributed by atoms with Gasteiger partial charge >= 0.3 is 0 Å². The van der Waals surface area contributed by atoms with Crippen molar-refractivity contribution in [3.8, 4) is 0 Å². The lowest BCUT2D eigenvalue weighted by molar-refractivity contribution is 0.146. The van der Waals surface area contributed by atoms with Gasteiger partial charge in [0.05, 0.1) is 0 Å². The van der Waals surface area contributed by atoms with E-state index in [1.807, 2.05) is 0 Å². The van der Waals surface area contributed by atoms with Gasteiger partial charge in [0.1, 0.15) is 0 Å². The molecule has 0 saturated carbocycles. The third kappa shape index (κ3) is 3.95.